The minimum atomic E-state index is -4.23. The first-order chi connectivity index (χ1) is 9.28. The molecule has 0 saturated carbocycles. The van der Waals surface area contributed by atoms with Gasteiger partial charge >= 0.3 is 6.18 Å². The Morgan fingerprint density at radius 3 is 2.30 bits per heavy atom. The van der Waals surface area contributed by atoms with E-state index in [9.17, 15) is 18.3 Å². The molecule has 20 heavy (non-hydrogen) atoms. The molecule has 1 atom stereocenters. The lowest BCUT2D eigenvalue weighted by molar-refractivity contribution is -0.136. The molecule has 0 spiro atoms. The van der Waals surface area contributed by atoms with E-state index in [1.165, 1.54) is 0 Å². The summed E-state index contributed by atoms with van der Waals surface area (Å²) >= 11 is 0. The summed E-state index contributed by atoms with van der Waals surface area (Å²) in [6.07, 6.45) is -5.42. The third kappa shape index (κ3) is 4.59. The fourth-order valence-electron chi connectivity index (χ4n) is 2.11. The highest BCUT2D eigenvalue weighted by atomic mass is 19.4. The number of nitrogens with zero attached hydrogens (tertiary/aromatic N) is 1. The molecule has 1 aromatic carbocycles. The van der Waals surface area contributed by atoms with Crippen LogP contribution in [-0.2, 0) is 0 Å². The molecule has 0 aliphatic rings. The van der Waals surface area contributed by atoms with Crippen molar-refractivity contribution in [2.24, 2.45) is 5.73 Å². The fraction of sp³-hybridized carbons (Fsp3) is 0.571. The fourth-order valence-corrected chi connectivity index (χ4v) is 2.11. The van der Waals surface area contributed by atoms with Crippen LogP contribution in [0, 0.1) is 0 Å². The lowest BCUT2D eigenvalue weighted by Crippen LogP contribution is -2.22. The van der Waals surface area contributed by atoms with Crippen molar-refractivity contribution in [2.75, 3.05) is 18.0 Å². The number of aromatic hydroxyl groups is 1. The highest BCUT2D eigenvalue weighted by Gasteiger charge is 2.28. The quantitative estimate of drug-likeness (QED) is 0.842. The van der Waals surface area contributed by atoms with E-state index in [1.807, 2.05) is 18.7 Å². The summed E-state index contributed by atoms with van der Waals surface area (Å²) in [5.41, 5.74) is 6.91. The lowest BCUT2D eigenvalue weighted by Gasteiger charge is -2.22. The molecule has 0 aromatic heterocycles. The number of rotatable bonds is 6. The second-order valence-electron chi connectivity index (χ2n) is 4.68. The zero-order valence-corrected chi connectivity index (χ0v) is 11.7. The summed E-state index contributed by atoms with van der Waals surface area (Å²) in [7, 11) is 0. The second-order valence-corrected chi connectivity index (χ2v) is 4.68. The average molecular weight is 290 g/mol. The van der Waals surface area contributed by atoms with Crippen molar-refractivity contribution in [3.8, 4) is 5.75 Å². The van der Waals surface area contributed by atoms with Crippen molar-refractivity contribution in [1.29, 1.82) is 0 Å². The van der Waals surface area contributed by atoms with Crippen LogP contribution < -0.4 is 10.6 Å². The van der Waals surface area contributed by atoms with Gasteiger partial charge in [-0.05, 0) is 26.3 Å². The number of phenolic OH excluding ortho intramolecular Hbond substituents is 1. The van der Waals surface area contributed by atoms with Gasteiger partial charge in [-0.25, -0.2) is 0 Å². The highest BCUT2D eigenvalue weighted by Crippen LogP contribution is 2.32. The molecule has 0 aliphatic carbocycles. The molecule has 0 unspecified atom stereocenters. The molecule has 1 rings (SSSR count). The number of hydrogen-bond acceptors (Lipinski definition) is 3. The number of halogens is 3. The molecular formula is C14H21F3N2O. The lowest BCUT2D eigenvalue weighted by atomic mass is 10.0. The summed E-state index contributed by atoms with van der Waals surface area (Å²) in [4.78, 5) is 2.03. The van der Waals surface area contributed by atoms with Crippen LogP contribution in [0.4, 0.5) is 18.9 Å². The van der Waals surface area contributed by atoms with Gasteiger partial charge in [-0.1, -0.05) is 6.07 Å². The first-order valence-electron chi connectivity index (χ1n) is 6.68. The molecule has 114 valence electrons. The molecule has 0 heterocycles. The van der Waals surface area contributed by atoms with Gasteiger partial charge in [0.25, 0.3) is 0 Å². The van der Waals surface area contributed by atoms with Gasteiger partial charge in [-0.3, -0.25) is 0 Å². The van der Waals surface area contributed by atoms with E-state index in [4.69, 9.17) is 5.73 Å². The van der Waals surface area contributed by atoms with Crippen molar-refractivity contribution in [1.82, 2.24) is 0 Å². The van der Waals surface area contributed by atoms with Crippen molar-refractivity contribution in [3.05, 3.63) is 23.8 Å². The number of phenols is 1. The Bertz CT molecular complexity index is 431. The largest absolute Gasteiger partial charge is 0.508 e. The summed E-state index contributed by atoms with van der Waals surface area (Å²) in [5.74, 6) is -0.0518. The summed E-state index contributed by atoms with van der Waals surface area (Å²) in [6, 6.07) is 4.11. The van der Waals surface area contributed by atoms with Gasteiger partial charge in [0.15, 0.2) is 0 Å². The molecule has 0 saturated heterocycles. The van der Waals surface area contributed by atoms with E-state index >= 15 is 0 Å². The summed E-state index contributed by atoms with van der Waals surface area (Å²) in [5, 5.41) is 9.94. The van der Waals surface area contributed by atoms with Crippen molar-refractivity contribution in [2.45, 2.75) is 38.9 Å². The van der Waals surface area contributed by atoms with Gasteiger partial charge in [0, 0.05) is 42.9 Å². The van der Waals surface area contributed by atoms with Crippen molar-refractivity contribution in [3.63, 3.8) is 0 Å². The molecule has 1 aromatic rings. The summed E-state index contributed by atoms with van der Waals surface area (Å²) in [6.45, 7) is 5.55. The van der Waals surface area contributed by atoms with Gasteiger partial charge in [-0.2, -0.15) is 13.2 Å². The van der Waals surface area contributed by atoms with Gasteiger partial charge in [0.1, 0.15) is 5.75 Å². The topological polar surface area (TPSA) is 49.5 Å². The van der Waals surface area contributed by atoms with Gasteiger partial charge in [0.05, 0.1) is 0 Å². The molecule has 0 amide bonds. The third-order valence-corrected chi connectivity index (χ3v) is 3.28. The molecule has 3 nitrogen and oxygen atoms in total. The zero-order chi connectivity index (χ0) is 15.3. The third-order valence-electron chi connectivity index (χ3n) is 3.28. The maximum atomic E-state index is 12.2. The van der Waals surface area contributed by atoms with Crippen LogP contribution in [0.3, 0.4) is 0 Å². The van der Waals surface area contributed by atoms with Crippen LogP contribution in [0.25, 0.3) is 0 Å². The van der Waals surface area contributed by atoms with Crippen molar-refractivity contribution < 1.29 is 18.3 Å². The predicted octanol–water partition coefficient (Wildman–Crippen LogP) is 3.58. The minimum Gasteiger partial charge on any atom is -0.508 e. The number of anilines is 1. The molecule has 0 aliphatic heterocycles. The predicted molar refractivity (Wildman–Crippen MR) is 73.9 cm³/mol. The minimum absolute atomic E-state index is 0.0518. The van der Waals surface area contributed by atoms with Crippen LogP contribution in [0.15, 0.2) is 18.2 Å². The van der Waals surface area contributed by atoms with Gasteiger partial charge in [0.2, 0.25) is 0 Å². The smallest absolute Gasteiger partial charge is 0.389 e. The highest BCUT2D eigenvalue weighted by molar-refractivity contribution is 5.54. The van der Waals surface area contributed by atoms with E-state index in [0.29, 0.717) is 5.56 Å². The Hall–Kier alpha value is -1.43. The van der Waals surface area contributed by atoms with E-state index in [1.54, 1.807) is 18.2 Å². The number of hydrogen-bond donors (Lipinski definition) is 2. The molecular weight excluding hydrogens is 269 g/mol. The number of nitrogens with two attached hydrogens (primary N) is 1. The zero-order valence-electron chi connectivity index (χ0n) is 11.7. The molecule has 0 bridgehead atoms. The molecule has 3 N–H and O–H groups in total. The van der Waals surface area contributed by atoms with Crippen LogP contribution >= 0.6 is 0 Å². The average Bonchev–Trinajstić information content (AvgIpc) is 2.37. The van der Waals surface area contributed by atoms with Crippen LogP contribution in [-0.4, -0.2) is 24.4 Å². The second kappa shape index (κ2) is 6.83. The van der Waals surface area contributed by atoms with Crippen LogP contribution in [0.2, 0.25) is 0 Å². The molecule has 6 heteroatoms. The van der Waals surface area contributed by atoms with Crippen LogP contribution in [0.5, 0.6) is 5.75 Å². The van der Waals surface area contributed by atoms with E-state index < -0.39 is 18.6 Å². The van der Waals surface area contributed by atoms with Gasteiger partial charge in [-0.15, -0.1) is 0 Å². The monoisotopic (exact) mass is 290 g/mol. The van der Waals surface area contributed by atoms with E-state index in [0.717, 1.165) is 18.8 Å². The van der Waals surface area contributed by atoms with Crippen molar-refractivity contribution >= 4 is 5.69 Å². The first kappa shape index (κ1) is 16.6. The Morgan fingerprint density at radius 1 is 1.25 bits per heavy atom. The standard InChI is InChI=1S/C14H21F3N2O/c1-3-19(4-2)10-5-6-11(13(20)9-10)12(18)7-8-14(15,16)17/h5-6,9,12,20H,3-4,7-8,18H2,1-2H3/t12-/m1/s1. The van der Waals surface area contributed by atoms with E-state index in [2.05, 4.69) is 0 Å². The maximum Gasteiger partial charge on any atom is 0.389 e. The maximum absolute atomic E-state index is 12.2. The Kier molecular flexibility index (Phi) is 5.68. The van der Waals surface area contributed by atoms with E-state index in [-0.39, 0.29) is 12.2 Å². The van der Waals surface area contributed by atoms with Gasteiger partial charge < -0.3 is 15.7 Å². The Labute approximate surface area is 117 Å². The number of alkyl halides is 3. The Balaban J connectivity index is 2.82. The molecule has 0 fully saturated rings. The SMILES string of the molecule is CCN(CC)c1ccc([C@H](N)CCC(F)(F)F)c(O)c1. The van der Waals surface area contributed by atoms with Crippen LogP contribution in [0.1, 0.15) is 38.3 Å². The Morgan fingerprint density at radius 2 is 1.85 bits per heavy atom. The first-order valence-corrected chi connectivity index (χ1v) is 6.68. The summed E-state index contributed by atoms with van der Waals surface area (Å²) < 4.78 is 36.5. The normalized spacial score (nSPS) is 13.3. The number of benzene rings is 1. The molecule has 0 radical (unpaired) electrons.